The number of methoxy groups -OCH3 is 1. The summed E-state index contributed by atoms with van der Waals surface area (Å²) in [6, 6.07) is 3.09. The van der Waals surface area contributed by atoms with Crippen LogP contribution in [0.5, 0.6) is 0 Å². The fraction of sp³-hybridized carbons (Fsp3) is 0.500. The summed E-state index contributed by atoms with van der Waals surface area (Å²) in [5.74, 6) is -1.56. The minimum atomic E-state index is -3.88. The molecule has 1 heterocycles. The number of nitrogens with one attached hydrogen (secondary N) is 1. The van der Waals surface area contributed by atoms with Crippen molar-refractivity contribution in [2.75, 3.05) is 27.2 Å². The number of halogens is 2. The lowest BCUT2D eigenvalue weighted by atomic mass is 10.1. The van der Waals surface area contributed by atoms with Gasteiger partial charge in [-0.2, -0.15) is 4.31 Å². The van der Waals surface area contributed by atoms with Gasteiger partial charge in [-0.05, 0) is 38.1 Å². The lowest BCUT2D eigenvalue weighted by Crippen LogP contribution is -2.47. The van der Waals surface area contributed by atoms with Crippen molar-refractivity contribution in [2.24, 2.45) is 0 Å². The molecular weight excluding hydrogens is 347 g/mol. The topological polar surface area (TPSA) is 75.7 Å². The van der Waals surface area contributed by atoms with Crippen LogP contribution in [0.4, 0.5) is 4.39 Å². The van der Waals surface area contributed by atoms with E-state index in [1.165, 1.54) is 4.31 Å². The number of esters is 1. The number of piperidine rings is 1. The number of ether oxygens (including phenoxy) is 1. The van der Waals surface area contributed by atoms with Crippen molar-refractivity contribution < 1.29 is 22.3 Å². The van der Waals surface area contributed by atoms with Gasteiger partial charge in [0.25, 0.3) is 0 Å². The molecular formula is C14H20ClFN2O4S. The van der Waals surface area contributed by atoms with Crippen molar-refractivity contribution >= 4 is 28.4 Å². The molecule has 1 aliphatic heterocycles. The molecule has 1 saturated heterocycles. The largest absolute Gasteiger partial charge is 0.465 e. The van der Waals surface area contributed by atoms with Crippen molar-refractivity contribution in [2.45, 2.75) is 23.8 Å². The van der Waals surface area contributed by atoms with Crippen molar-refractivity contribution in [3.63, 3.8) is 0 Å². The molecule has 6 nitrogen and oxygen atoms in total. The summed E-state index contributed by atoms with van der Waals surface area (Å²) in [5.41, 5.74) is -0.283. The Morgan fingerprint density at radius 3 is 2.74 bits per heavy atom. The summed E-state index contributed by atoms with van der Waals surface area (Å²) in [6.07, 6.45) is 1.61. The maximum Gasteiger partial charge on any atom is 0.339 e. The first-order valence-electron chi connectivity index (χ1n) is 6.95. The minimum Gasteiger partial charge on any atom is -0.465 e. The van der Waals surface area contributed by atoms with E-state index in [1.807, 2.05) is 0 Å². The molecule has 2 rings (SSSR count). The highest BCUT2D eigenvalue weighted by molar-refractivity contribution is 7.89. The van der Waals surface area contributed by atoms with Crippen molar-refractivity contribution in [1.82, 2.24) is 9.62 Å². The molecule has 1 N–H and O–H groups in total. The number of carbonyl (C=O) groups excluding carboxylic acids is 1. The molecule has 0 aliphatic carbocycles. The van der Waals surface area contributed by atoms with E-state index in [0.29, 0.717) is 13.1 Å². The molecule has 1 unspecified atom stereocenters. The molecule has 0 amide bonds. The maximum absolute atomic E-state index is 13.4. The first-order chi connectivity index (χ1) is 10.4. The molecule has 23 heavy (non-hydrogen) atoms. The van der Waals surface area contributed by atoms with Crippen molar-refractivity contribution in [3.8, 4) is 0 Å². The van der Waals surface area contributed by atoms with Crippen molar-refractivity contribution in [1.29, 1.82) is 0 Å². The molecule has 1 aliphatic rings. The van der Waals surface area contributed by atoms with E-state index >= 15 is 0 Å². The number of nitrogens with zero attached hydrogens (tertiary/aromatic N) is 1. The standard InChI is InChI=1S/C14H19FN2O4S.ClH/c1-16-11-4-3-7-17(9-11)22(19,20)13-6-5-10(15)8-12(13)14(18)21-2;/h5-6,8,11,16H,3-4,7,9H2,1-2H3;1H. The molecule has 1 aromatic rings. The third-order valence-corrected chi connectivity index (χ3v) is 5.68. The van der Waals surface area contributed by atoms with E-state index in [4.69, 9.17) is 0 Å². The van der Waals surface area contributed by atoms with E-state index in [0.717, 1.165) is 38.2 Å². The zero-order valence-electron chi connectivity index (χ0n) is 12.9. The van der Waals surface area contributed by atoms with E-state index in [9.17, 15) is 17.6 Å². The van der Waals surface area contributed by atoms with Gasteiger partial charge in [-0.25, -0.2) is 17.6 Å². The van der Waals surface area contributed by atoms with Gasteiger partial charge in [0.05, 0.1) is 17.6 Å². The van der Waals surface area contributed by atoms with Crippen LogP contribution in [0.1, 0.15) is 23.2 Å². The summed E-state index contributed by atoms with van der Waals surface area (Å²) < 4.78 is 44.8. The van der Waals surface area contributed by atoms with Gasteiger partial charge in [-0.15, -0.1) is 12.4 Å². The molecule has 0 spiro atoms. The Balaban J connectivity index is 0.00000264. The molecule has 1 atom stereocenters. The van der Waals surface area contributed by atoms with Gasteiger partial charge in [0, 0.05) is 19.1 Å². The van der Waals surface area contributed by atoms with Crippen molar-refractivity contribution in [3.05, 3.63) is 29.6 Å². The van der Waals surface area contributed by atoms with Gasteiger partial charge in [0.15, 0.2) is 0 Å². The Hall–Kier alpha value is -1.22. The van der Waals surface area contributed by atoms with Crippen LogP contribution in [0, 0.1) is 5.82 Å². The highest BCUT2D eigenvalue weighted by Crippen LogP contribution is 2.25. The smallest absolute Gasteiger partial charge is 0.339 e. The van der Waals surface area contributed by atoms with Gasteiger partial charge in [0.2, 0.25) is 10.0 Å². The van der Waals surface area contributed by atoms with Gasteiger partial charge in [0.1, 0.15) is 5.82 Å². The fourth-order valence-corrected chi connectivity index (χ4v) is 4.22. The SMILES string of the molecule is CNC1CCCN(S(=O)(=O)c2ccc(F)cc2C(=O)OC)C1.Cl. The van der Waals surface area contributed by atoms with E-state index in [2.05, 4.69) is 10.1 Å². The number of sulfonamides is 1. The predicted octanol–water partition coefficient (Wildman–Crippen LogP) is 1.41. The summed E-state index contributed by atoms with van der Waals surface area (Å²) in [6.45, 7) is 0.690. The average molecular weight is 367 g/mol. The molecule has 0 radical (unpaired) electrons. The Bertz CT molecular complexity index is 669. The van der Waals surface area contributed by atoms with E-state index < -0.39 is 21.8 Å². The highest BCUT2D eigenvalue weighted by Gasteiger charge is 2.33. The molecule has 0 saturated carbocycles. The van der Waals surface area contributed by atoms with Gasteiger partial charge in [-0.1, -0.05) is 0 Å². The quantitative estimate of drug-likeness (QED) is 0.815. The van der Waals surface area contributed by atoms with Gasteiger partial charge in [-0.3, -0.25) is 0 Å². The highest BCUT2D eigenvalue weighted by atomic mass is 35.5. The number of carbonyl (C=O) groups is 1. The second kappa shape index (κ2) is 8.05. The van der Waals surface area contributed by atoms with Gasteiger partial charge < -0.3 is 10.1 Å². The van der Waals surface area contributed by atoms with E-state index in [1.54, 1.807) is 7.05 Å². The molecule has 9 heteroatoms. The lowest BCUT2D eigenvalue weighted by molar-refractivity contribution is 0.0595. The van der Waals surface area contributed by atoms with Crippen LogP contribution in [-0.4, -0.2) is 52.0 Å². The minimum absolute atomic E-state index is 0. The maximum atomic E-state index is 13.4. The normalized spacial score (nSPS) is 19.0. The van der Waals surface area contributed by atoms with Crippen LogP contribution >= 0.6 is 12.4 Å². The summed E-state index contributed by atoms with van der Waals surface area (Å²) in [7, 11) is -0.979. The summed E-state index contributed by atoms with van der Waals surface area (Å²) >= 11 is 0. The first kappa shape index (κ1) is 19.8. The fourth-order valence-electron chi connectivity index (χ4n) is 2.53. The van der Waals surface area contributed by atoms with Crippen LogP contribution in [0.3, 0.4) is 0 Å². The van der Waals surface area contributed by atoms with Crippen LogP contribution in [0.25, 0.3) is 0 Å². The molecule has 1 aromatic carbocycles. The van der Waals surface area contributed by atoms with Crippen LogP contribution < -0.4 is 5.32 Å². The van der Waals surface area contributed by atoms with Crippen LogP contribution in [-0.2, 0) is 14.8 Å². The van der Waals surface area contributed by atoms with E-state index in [-0.39, 0.29) is 28.9 Å². The number of hydrogen-bond acceptors (Lipinski definition) is 5. The molecule has 0 aromatic heterocycles. The Labute approximate surface area is 141 Å². The third kappa shape index (κ3) is 4.20. The summed E-state index contributed by atoms with van der Waals surface area (Å²) in [4.78, 5) is 11.5. The molecule has 0 bridgehead atoms. The Morgan fingerprint density at radius 2 is 2.13 bits per heavy atom. The predicted molar refractivity (Wildman–Crippen MR) is 85.8 cm³/mol. The van der Waals surface area contributed by atoms with Gasteiger partial charge >= 0.3 is 5.97 Å². The monoisotopic (exact) mass is 366 g/mol. The molecule has 130 valence electrons. The molecule has 1 fully saturated rings. The second-order valence-corrected chi connectivity index (χ2v) is 7.03. The number of hydrogen-bond donors (Lipinski definition) is 1. The zero-order valence-corrected chi connectivity index (χ0v) is 14.5. The van der Waals surface area contributed by atoms with Crippen LogP contribution in [0.15, 0.2) is 23.1 Å². The number of rotatable bonds is 4. The Morgan fingerprint density at radius 1 is 1.43 bits per heavy atom. The summed E-state index contributed by atoms with van der Waals surface area (Å²) in [5, 5.41) is 3.06. The number of likely N-dealkylation sites (N-methyl/N-ethyl adjacent to an activating group) is 1. The third-order valence-electron chi connectivity index (χ3n) is 3.76. The second-order valence-electron chi connectivity index (χ2n) is 5.12. The average Bonchev–Trinajstić information content (AvgIpc) is 2.53. The lowest BCUT2D eigenvalue weighted by Gasteiger charge is -2.32. The number of benzene rings is 1. The Kier molecular flexibility index (Phi) is 6.94. The van der Waals surface area contributed by atoms with Crippen LogP contribution in [0.2, 0.25) is 0 Å². The first-order valence-corrected chi connectivity index (χ1v) is 8.39. The zero-order chi connectivity index (χ0) is 16.3.